The van der Waals surface area contributed by atoms with Crippen molar-refractivity contribution in [2.45, 2.75) is 51.2 Å². The summed E-state index contributed by atoms with van der Waals surface area (Å²) in [6, 6.07) is 18.2. The molecule has 0 bridgehead atoms. The molecule has 2 aliphatic rings. The summed E-state index contributed by atoms with van der Waals surface area (Å²) in [6.07, 6.45) is 10.6. The van der Waals surface area contributed by atoms with Gasteiger partial charge in [-0.15, -0.1) is 0 Å². The van der Waals surface area contributed by atoms with Gasteiger partial charge < -0.3 is 19.3 Å². The number of rotatable bonds is 9. The molecule has 182 valence electrons. The van der Waals surface area contributed by atoms with Crippen LogP contribution in [-0.4, -0.2) is 35.3 Å². The van der Waals surface area contributed by atoms with Crippen LogP contribution in [0.3, 0.4) is 0 Å². The Balaban J connectivity index is 1.19. The predicted octanol–water partition coefficient (Wildman–Crippen LogP) is 5.18. The predicted molar refractivity (Wildman–Crippen MR) is 133 cm³/mol. The Morgan fingerprint density at radius 1 is 1.03 bits per heavy atom. The number of nitrogens with one attached hydrogen (secondary N) is 1. The average Bonchev–Trinajstić information content (AvgIpc) is 3.57. The maximum atomic E-state index is 12.7. The van der Waals surface area contributed by atoms with Crippen molar-refractivity contribution in [2.75, 3.05) is 13.3 Å². The first-order valence-electron chi connectivity index (χ1n) is 12.3. The molecule has 0 saturated heterocycles. The molecule has 1 saturated carbocycles. The van der Waals surface area contributed by atoms with E-state index in [1.807, 2.05) is 36.4 Å². The molecule has 1 N–H and O–H groups in total. The van der Waals surface area contributed by atoms with Crippen molar-refractivity contribution in [2.24, 2.45) is 0 Å². The van der Waals surface area contributed by atoms with E-state index in [1.54, 1.807) is 6.07 Å². The zero-order valence-electron chi connectivity index (χ0n) is 19.8. The fourth-order valence-corrected chi connectivity index (χ4v) is 4.70. The Hall–Kier alpha value is -3.58. The van der Waals surface area contributed by atoms with Crippen molar-refractivity contribution in [1.29, 1.82) is 0 Å². The van der Waals surface area contributed by atoms with Gasteiger partial charge in [0.15, 0.2) is 23.0 Å². The van der Waals surface area contributed by atoms with Crippen LogP contribution in [0.5, 0.6) is 11.5 Å². The number of fused-ring (bicyclic) bond motifs is 1. The third-order valence-electron chi connectivity index (χ3n) is 6.58. The summed E-state index contributed by atoms with van der Waals surface area (Å²) in [5.41, 5.74) is 2.42. The van der Waals surface area contributed by atoms with E-state index < -0.39 is 0 Å². The summed E-state index contributed by atoms with van der Waals surface area (Å²) >= 11 is 0. The van der Waals surface area contributed by atoms with Gasteiger partial charge in [-0.3, -0.25) is 9.69 Å². The maximum absolute atomic E-state index is 12.7. The van der Waals surface area contributed by atoms with Gasteiger partial charge in [0.05, 0.1) is 6.54 Å². The molecule has 0 unspecified atom stereocenters. The standard InChI is InChI=1S/C28H31N3O4/c32-28(29-18-22-13-14-26-27(16-22)34-20-33-26)25-17-24(35-30-25)19-31(23-11-5-2-6-12-23)15-7-10-21-8-3-1-4-9-21/h1,3-4,7-10,13-14,16-17,23H,2,5-6,11-12,15,18-20H2,(H,29,32). The second kappa shape index (κ2) is 11.2. The highest BCUT2D eigenvalue weighted by atomic mass is 16.7. The van der Waals surface area contributed by atoms with E-state index in [-0.39, 0.29) is 12.7 Å². The average molecular weight is 474 g/mol. The minimum Gasteiger partial charge on any atom is -0.454 e. The van der Waals surface area contributed by atoms with Crippen molar-refractivity contribution < 1.29 is 18.8 Å². The lowest BCUT2D eigenvalue weighted by atomic mass is 9.94. The van der Waals surface area contributed by atoms with Gasteiger partial charge in [0, 0.05) is 25.2 Å². The monoisotopic (exact) mass is 473 g/mol. The number of hydrogen-bond donors (Lipinski definition) is 1. The molecule has 0 spiro atoms. The second-order valence-corrected chi connectivity index (χ2v) is 9.08. The van der Waals surface area contributed by atoms with Crippen LogP contribution < -0.4 is 14.8 Å². The van der Waals surface area contributed by atoms with E-state index in [0.29, 0.717) is 36.3 Å². The normalized spacial score (nSPS) is 15.7. The van der Waals surface area contributed by atoms with E-state index >= 15 is 0 Å². The number of aromatic nitrogens is 1. The number of carbonyl (C=O) groups is 1. The van der Waals surface area contributed by atoms with Crippen molar-refractivity contribution in [3.8, 4) is 11.5 Å². The first-order chi connectivity index (χ1) is 17.2. The fourth-order valence-electron chi connectivity index (χ4n) is 4.70. The summed E-state index contributed by atoms with van der Waals surface area (Å²) in [6.45, 7) is 2.06. The number of carbonyl (C=O) groups excluding carboxylic acids is 1. The number of nitrogens with zero attached hydrogens (tertiary/aromatic N) is 2. The van der Waals surface area contributed by atoms with E-state index in [4.69, 9.17) is 14.0 Å². The van der Waals surface area contributed by atoms with Crippen LogP contribution in [0.1, 0.15) is 59.5 Å². The molecule has 1 aliphatic heterocycles. The van der Waals surface area contributed by atoms with Crippen molar-refractivity contribution >= 4 is 12.0 Å². The largest absolute Gasteiger partial charge is 0.454 e. The van der Waals surface area contributed by atoms with Gasteiger partial charge >= 0.3 is 0 Å². The molecular formula is C28H31N3O4. The fraction of sp³-hybridized carbons (Fsp3) is 0.357. The van der Waals surface area contributed by atoms with E-state index in [1.165, 1.54) is 37.7 Å². The molecular weight excluding hydrogens is 442 g/mol. The third-order valence-corrected chi connectivity index (χ3v) is 6.58. The van der Waals surface area contributed by atoms with Gasteiger partial charge in [-0.1, -0.05) is 73.0 Å². The molecule has 1 aromatic heterocycles. The lowest BCUT2D eigenvalue weighted by molar-refractivity contribution is 0.0941. The summed E-state index contributed by atoms with van der Waals surface area (Å²) in [7, 11) is 0. The molecule has 2 heterocycles. The molecule has 5 rings (SSSR count). The lowest BCUT2D eigenvalue weighted by Crippen LogP contribution is -2.36. The van der Waals surface area contributed by atoms with Crippen LogP contribution in [0, 0.1) is 0 Å². The topological polar surface area (TPSA) is 76.8 Å². The number of ether oxygens (including phenoxy) is 2. The third kappa shape index (κ3) is 6.11. The molecule has 1 aliphatic carbocycles. The van der Waals surface area contributed by atoms with Gasteiger partial charge in [-0.2, -0.15) is 0 Å². The molecule has 0 radical (unpaired) electrons. The van der Waals surface area contributed by atoms with Crippen molar-refractivity contribution in [1.82, 2.24) is 15.4 Å². The summed E-state index contributed by atoms with van der Waals surface area (Å²) in [5, 5.41) is 6.94. The Kier molecular flexibility index (Phi) is 7.44. The lowest BCUT2D eigenvalue weighted by Gasteiger charge is -2.32. The maximum Gasteiger partial charge on any atom is 0.273 e. The van der Waals surface area contributed by atoms with Gasteiger partial charge in [0.1, 0.15) is 0 Å². The Labute approximate surface area is 205 Å². The molecule has 2 aromatic carbocycles. The summed E-state index contributed by atoms with van der Waals surface area (Å²) in [4.78, 5) is 15.1. The van der Waals surface area contributed by atoms with Gasteiger partial charge in [-0.05, 0) is 36.1 Å². The first kappa shape index (κ1) is 23.2. The summed E-state index contributed by atoms with van der Waals surface area (Å²) < 4.78 is 16.3. The molecule has 0 atom stereocenters. The highest BCUT2D eigenvalue weighted by molar-refractivity contribution is 5.92. The Bertz CT molecular complexity index is 1150. The minimum absolute atomic E-state index is 0.229. The molecule has 7 heteroatoms. The van der Waals surface area contributed by atoms with Crippen molar-refractivity contribution in [3.05, 3.63) is 83.3 Å². The molecule has 1 fully saturated rings. The van der Waals surface area contributed by atoms with Crippen LogP contribution in [0.2, 0.25) is 0 Å². The van der Waals surface area contributed by atoms with E-state index in [9.17, 15) is 4.79 Å². The molecule has 35 heavy (non-hydrogen) atoms. The van der Waals surface area contributed by atoms with Gasteiger partial charge in [0.2, 0.25) is 6.79 Å². The number of hydrogen-bond acceptors (Lipinski definition) is 6. The van der Waals surface area contributed by atoms with Crippen molar-refractivity contribution in [3.63, 3.8) is 0 Å². The van der Waals surface area contributed by atoms with Crippen LogP contribution in [-0.2, 0) is 13.1 Å². The smallest absolute Gasteiger partial charge is 0.273 e. The highest BCUT2D eigenvalue weighted by Crippen LogP contribution is 2.32. The second-order valence-electron chi connectivity index (χ2n) is 9.08. The van der Waals surface area contributed by atoms with Crippen LogP contribution in [0.15, 0.2) is 65.2 Å². The van der Waals surface area contributed by atoms with Gasteiger partial charge in [-0.25, -0.2) is 0 Å². The zero-order chi connectivity index (χ0) is 23.9. The molecule has 3 aromatic rings. The molecule has 7 nitrogen and oxygen atoms in total. The van der Waals surface area contributed by atoms with Crippen LogP contribution in [0.25, 0.3) is 6.08 Å². The highest BCUT2D eigenvalue weighted by Gasteiger charge is 2.23. The first-order valence-corrected chi connectivity index (χ1v) is 12.3. The van der Waals surface area contributed by atoms with Crippen LogP contribution in [0.4, 0.5) is 0 Å². The van der Waals surface area contributed by atoms with Crippen LogP contribution >= 0.6 is 0 Å². The van der Waals surface area contributed by atoms with E-state index in [0.717, 1.165) is 17.9 Å². The van der Waals surface area contributed by atoms with E-state index in [2.05, 4.69) is 39.7 Å². The molecule has 1 amide bonds. The Morgan fingerprint density at radius 2 is 1.86 bits per heavy atom. The van der Waals surface area contributed by atoms with Gasteiger partial charge in [0.25, 0.3) is 5.91 Å². The quantitative estimate of drug-likeness (QED) is 0.461. The zero-order valence-corrected chi connectivity index (χ0v) is 19.8. The minimum atomic E-state index is -0.258. The SMILES string of the molecule is O=C(NCc1ccc2c(c1)OCO2)c1cc(CN(CC=Cc2ccccc2)C2CCCCC2)on1. The number of amides is 1. The summed E-state index contributed by atoms with van der Waals surface area (Å²) in [5.74, 6) is 1.87. The Morgan fingerprint density at radius 3 is 2.71 bits per heavy atom. The number of benzene rings is 2.